The molecule has 0 unspecified atom stereocenters. The highest BCUT2D eigenvalue weighted by Crippen LogP contribution is 2.22. The second-order valence-corrected chi connectivity index (χ2v) is 7.73. The molecule has 156 valence electrons. The maximum absolute atomic E-state index is 12.9. The summed E-state index contributed by atoms with van der Waals surface area (Å²) >= 11 is 0. The summed E-state index contributed by atoms with van der Waals surface area (Å²) < 4.78 is 1.68. The van der Waals surface area contributed by atoms with Gasteiger partial charge in [-0.15, -0.1) is 5.10 Å². The first kappa shape index (κ1) is 19.2. The van der Waals surface area contributed by atoms with Gasteiger partial charge in [0, 0.05) is 54.1 Å². The lowest BCUT2D eigenvalue weighted by atomic mass is 10.1. The molecule has 0 atom stereocenters. The van der Waals surface area contributed by atoms with Crippen LogP contribution in [0.15, 0.2) is 54.9 Å². The zero-order valence-corrected chi connectivity index (χ0v) is 17.3. The van der Waals surface area contributed by atoms with Gasteiger partial charge in [0.25, 0.3) is 11.7 Å². The van der Waals surface area contributed by atoms with E-state index in [-0.39, 0.29) is 5.91 Å². The van der Waals surface area contributed by atoms with Gasteiger partial charge in [0.2, 0.25) is 0 Å². The molecule has 8 heteroatoms. The Morgan fingerprint density at radius 3 is 2.71 bits per heavy atom. The van der Waals surface area contributed by atoms with Gasteiger partial charge < -0.3 is 10.2 Å². The molecular weight excluding hydrogens is 390 g/mol. The zero-order valence-electron chi connectivity index (χ0n) is 17.3. The van der Waals surface area contributed by atoms with Crippen molar-refractivity contribution < 1.29 is 4.79 Å². The summed E-state index contributed by atoms with van der Waals surface area (Å²) in [6.07, 6.45) is 6.78. The number of piperidine rings is 1. The minimum absolute atomic E-state index is 0.0824. The van der Waals surface area contributed by atoms with Crippen molar-refractivity contribution in [1.82, 2.24) is 29.5 Å². The fourth-order valence-corrected chi connectivity index (χ4v) is 3.85. The molecule has 1 N–H and O–H groups in total. The van der Waals surface area contributed by atoms with Crippen LogP contribution < -0.4 is 5.32 Å². The number of nitrogens with one attached hydrogen (secondary N) is 1. The normalized spacial score (nSPS) is 14.0. The average molecular weight is 413 g/mol. The maximum atomic E-state index is 12.9. The fourth-order valence-electron chi connectivity index (χ4n) is 3.85. The molecule has 4 heterocycles. The molecule has 8 nitrogen and oxygen atoms in total. The fraction of sp³-hybridized carbons (Fsp3) is 0.261. The highest BCUT2D eigenvalue weighted by atomic mass is 16.2. The zero-order chi connectivity index (χ0) is 21.2. The Labute approximate surface area is 180 Å². The van der Waals surface area contributed by atoms with Crippen molar-refractivity contribution in [2.24, 2.45) is 0 Å². The van der Waals surface area contributed by atoms with Gasteiger partial charge in [-0.05, 0) is 56.5 Å². The Balaban J connectivity index is 1.46. The third-order valence-corrected chi connectivity index (χ3v) is 5.39. The first-order valence-corrected chi connectivity index (χ1v) is 10.5. The third kappa shape index (κ3) is 3.96. The second-order valence-electron chi connectivity index (χ2n) is 7.73. The molecule has 0 saturated carbocycles. The number of pyridine rings is 1. The van der Waals surface area contributed by atoms with E-state index in [1.165, 1.54) is 6.42 Å². The lowest BCUT2D eigenvalue weighted by molar-refractivity contribution is 0.0724. The van der Waals surface area contributed by atoms with E-state index in [1.807, 2.05) is 54.3 Å². The first-order chi connectivity index (χ1) is 15.2. The van der Waals surface area contributed by atoms with Gasteiger partial charge in [-0.3, -0.25) is 9.78 Å². The molecule has 5 rings (SSSR count). The van der Waals surface area contributed by atoms with Gasteiger partial charge in [-0.2, -0.15) is 9.50 Å². The summed E-state index contributed by atoms with van der Waals surface area (Å²) in [7, 11) is 0. The highest BCUT2D eigenvalue weighted by molar-refractivity contribution is 5.95. The molecule has 0 spiro atoms. The molecule has 4 aromatic rings. The average Bonchev–Trinajstić information content (AvgIpc) is 3.24. The molecule has 31 heavy (non-hydrogen) atoms. The standard InChI is InChI=1S/C23H23N7O/c1-16-13-20(30-23(25-16)27-21(28-30)18-8-6-10-24-15-18)26-19-9-5-7-17(14-19)22(31)29-11-3-2-4-12-29/h5-10,13-15,26H,2-4,11-12H2,1H3. The Hall–Kier alpha value is -3.81. The number of benzene rings is 1. The van der Waals surface area contributed by atoms with E-state index >= 15 is 0 Å². The molecule has 1 fully saturated rings. The Kier molecular flexibility index (Phi) is 5.03. The van der Waals surface area contributed by atoms with Crippen molar-refractivity contribution >= 4 is 23.2 Å². The maximum Gasteiger partial charge on any atom is 0.254 e. The van der Waals surface area contributed by atoms with E-state index < -0.39 is 0 Å². The molecule has 1 aliphatic rings. The Morgan fingerprint density at radius 2 is 1.90 bits per heavy atom. The number of nitrogens with zero attached hydrogens (tertiary/aromatic N) is 6. The minimum atomic E-state index is 0.0824. The smallest absolute Gasteiger partial charge is 0.254 e. The predicted octanol–water partition coefficient (Wildman–Crippen LogP) is 3.86. The molecule has 1 aliphatic heterocycles. The quantitative estimate of drug-likeness (QED) is 0.546. The van der Waals surface area contributed by atoms with Gasteiger partial charge in [-0.1, -0.05) is 6.07 Å². The van der Waals surface area contributed by atoms with E-state index in [9.17, 15) is 4.79 Å². The lowest BCUT2D eigenvalue weighted by Gasteiger charge is -2.26. The Morgan fingerprint density at radius 1 is 1.03 bits per heavy atom. The monoisotopic (exact) mass is 413 g/mol. The van der Waals surface area contributed by atoms with Gasteiger partial charge in [0.05, 0.1) is 0 Å². The van der Waals surface area contributed by atoms with E-state index in [2.05, 4.69) is 25.4 Å². The van der Waals surface area contributed by atoms with Crippen LogP contribution in [-0.2, 0) is 0 Å². The number of likely N-dealkylation sites (tertiary alicyclic amines) is 1. The van der Waals surface area contributed by atoms with Gasteiger partial charge >= 0.3 is 0 Å². The van der Waals surface area contributed by atoms with E-state index in [1.54, 1.807) is 16.9 Å². The molecule has 3 aromatic heterocycles. The largest absolute Gasteiger partial charge is 0.340 e. The van der Waals surface area contributed by atoms with Crippen molar-refractivity contribution in [2.75, 3.05) is 18.4 Å². The van der Waals surface area contributed by atoms with Crippen LogP contribution in [-0.4, -0.2) is 48.5 Å². The SMILES string of the molecule is Cc1cc(Nc2cccc(C(=O)N3CCCCC3)c2)n2nc(-c3cccnc3)nc2n1. The van der Waals surface area contributed by atoms with Gasteiger partial charge in [0.15, 0.2) is 5.82 Å². The third-order valence-electron chi connectivity index (χ3n) is 5.39. The van der Waals surface area contributed by atoms with Gasteiger partial charge in [0.1, 0.15) is 5.82 Å². The van der Waals surface area contributed by atoms with Crippen molar-refractivity contribution in [3.05, 3.63) is 66.1 Å². The number of carbonyl (C=O) groups excluding carboxylic acids is 1. The van der Waals surface area contributed by atoms with Crippen LogP contribution in [0.5, 0.6) is 0 Å². The number of hydrogen-bond donors (Lipinski definition) is 1. The first-order valence-electron chi connectivity index (χ1n) is 10.5. The number of hydrogen-bond acceptors (Lipinski definition) is 6. The van der Waals surface area contributed by atoms with Crippen LogP contribution in [0.2, 0.25) is 0 Å². The summed E-state index contributed by atoms with van der Waals surface area (Å²) in [5.74, 6) is 1.87. The number of carbonyl (C=O) groups is 1. The Bertz CT molecular complexity index is 1230. The predicted molar refractivity (Wildman–Crippen MR) is 118 cm³/mol. The summed E-state index contributed by atoms with van der Waals surface area (Å²) in [5.41, 5.74) is 3.14. The van der Waals surface area contributed by atoms with E-state index in [0.29, 0.717) is 17.2 Å². The summed E-state index contributed by atoms with van der Waals surface area (Å²) in [5, 5.41) is 8.00. The summed E-state index contributed by atoms with van der Waals surface area (Å²) in [4.78, 5) is 28.0. The lowest BCUT2D eigenvalue weighted by Crippen LogP contribution is -2.35. The van der Waals surface area contributed by atoms with Crippen LogP contribution in [0, 0.1) is 6.92 Å². The molecule has 1 amide bonds. The number of aryl methyl sites for hydroxylation is 1. The number of fused-ring (bicyclic) bond motifs is 1. The van der Waals surface area contributed by atoms with Crippen LogP contribution in [0.25, 0.3) is 17.2 Å². The molecule has 0 bridgehead atoms. The topological polar surface area (TPSA) is 88.3 Å². The van der Waals surface area contributed by atoms with E-state index in [0.717, 1.165) is 48.7 Å². The number of amides is 1. The highest BCUT2D eigenvalue weighted by Gasteiger charge is 2.18. The van der Waals surface area contributed by atoms with Crippen molar-refractivity contribution in [2.45, 2.75) is 26.2 Å². The molecule has 1 saturated heterocycles. The molecule has 1 aromatic carbocycles. The second kappa shape index (κ2) is 8.14. The molecule has 0 aliphatic carbocycles. The molecule has 0 radical (unpaired) electrons. The number of rotatable bonds is 4. The number of anilines is 2. The van der Waals surface area contributed by atoms with Crippen LogP contribution in [0.1, 0.15) is 35.3 Å². The number of aromatic nitrogens is 5. The summed E-state index contributed by atoms with van der Waals surface area (Å²) in [6, 6.07) is 13.3. The van der Waals surface area contributed by atoms with Crippen LogP contribution in [0.4, 0.5) is 11.5 Å². The van der Waals surface area contributed by atoms with E-state index in [4.69, 9.17) is 0 Å². The van der Waals surface area contributed by atoms with Crippen molar-refractivity contribution in [3.63, 3.8) is 0 Å². The van der Waals surface area contributed by atoms with Crippen LogP contribution in [0.3, 0.4) is 0 Å². The molecular formula is C23H23N7O. The summed E-state index contributed by atoms with van der Waals surface area (Å²) in [6.45, 7) is 3.58. The van der Waals surface area contributed by atoms with Crippen molar-refractivity contribution in [1.29, 1.82) is 0 Å². The van der Waals surface area contributed by atoms with Gasteiger partial charge in [-0.25, -0.2) is 4.98 Å². The minimum Gasteiger partial charge on any atom is -0.340 e. The van der Waals surface area contributed by atoms with Crippen LogP contribution >= 0.6 is 0 Å². The van der Waals surface area contributed by atoms with Crippen molar-refractivity contribution in [3.8, 4) is 11.4 Å².